The molecule has 1 N–H and O–H groups in total. The molecule has 0 fully saturated rings. The zero-order valence-electron chi connectivity index (χ0n) is 12.8. The van der Waals surface area contributed by atoms with E-state index in [4.69, 9.17) is 0 Å². The van der Waals surface area contributed by atoms with Gasteiger partial charge in [-0.05, 0) is 18.6 Å². The van der Waals surface area contributed by atoms with Gasteiger partial charge in [0.25, 0.3) is 26.1 Å². The van der Waals surface area contributed by atoms with E-state index in [0.717, 1.165) is 12.5 Å². The quantitative estimate of drug-likeness (QED) is 0.618. The number of hydrogen-bond donors (Lipinski definition) is 1. The van der Waals surface area contributed by atoms with E-state index in [-0.39, 0.29) is 19.6 Å². The molecule has 0 saturated heterocycles. The average molecular weight is 365 g/mol. The van der Waals surface area contributed by atoms with Crippen molar-refractivity contribution in [3.05, 3.63) is 35.9 Å². The van der Waals surface area contributed by atoms with Crippen LogP contribution < -0.4 is 5.32 Å². The highest BCUT2D eigenvalue weighted by Gasteiger charge is 2.17. The van der Waals surface area contributed by atoms with Crippen molar-refractivity contribution in [3.63, 3.8) is 0 Å². The number of carbonyl (C=O) groups is 1. The monoisotopic (exact) mass is 365 g/mol. The largest absolute Gasteiger partial charge is 0.347 e. The van der Waals surface area contributed by atoms with Crippen LogP contribution in [0.15, 0.2) is 30.3 Å². The van der Waals surface area contributed by atoms with Gasteiger partial charge in [-0.1, -0.05) is 18.2 Å². The minimum Gasteiger partial charge on any atom is -0.347 e. The maximum Gasteiger partial charge on any atom is 0.264 e. The van der Waals surface area contributed by atoms with Gasteiger partial charge >= 0.3 is 0 Å². The lowest BCUT2D eigenvalue weighted by molar-refractivity contribution is 0.0914. The highest BCUT2D eigenvalue weighted by atomic mass is 32.2. The van der Waals surface area contributed by atoms with Crippen molar-refractivity contribution in [2.24, 2.45) is 0 Å². The van der Waals surface area contributed by atoms with Crippen molar-refractivity contribution in [1.29, 1.82) is 0 Å². The fourth-order valence-corrected chi connectivity index (χ4v) is 2.41. The first kappa shape index (κ1) is 19.6. The number of carbonyl (C=O) groups excluding carboxylic acids is 1. The van der Waals surface area contributed by atoms with E-state index >= 15 is 0 Å². The first-order chi connectivity index (χ1) is 10.6. The first-order valence-electron chi connectivity index (χ1n) is 6.61. The van der Waals surface area contributed by atoms with Gasteiger partial charge in [-0.3, -0.25) is 13.2 Å². The van der Waals surface area contributed by atoms with Gasteiger partial charge in [-0.25, -0.2) is 0 Å². The van der Waals surface area contributed by atoms with E-state index in [1.54, 1.807) is 30.3 Å². The summed E-state index contributed by atoms with van der Waals surface area (Å²) in [5, 5.41) is 2.59. The fraction of sp³-hybridized carbons (Fsp3) is 0.462. The fourth-order valence-electron chi connectivity index (χ4n) is 1.60. The third kappa shape index (κ3) is 9.29. The molecule has 23 heavy (non-hydrogen) atoms. The highest BCUT2D eigenvalue weighted by molar-refractivity contribution is 7.86. The molecule has 130 valence electrons. The van der Waals surface area contributed by atoms with Crippen LogP contribution in [0.25, 0.3) is 0 Å². The number of amides is 1. The van der Waals surface area contributed by atoms with Gasteiger partial charge in [0, 0.05) is 5.56 Å². The SMILES string of the molecule is CS(=O)(=O)OCC[C@@H](COS(C)(=O)=O)NC(=O)c1ccccc1. The second kappa shape index (κ2) is 8.39. The average Bonchev–Trinajstić information content (AvgIpc) is 2.43. The first-order valence-corrected chi connectivity index (χ1v) is 10.2. The van der Waals surface area contributed by atoms with Crippen LogP contribution in [-0.4, -0.2) is 54.5 Å². The van der Waals surface area contributed by atoms with E-state index in [1.807, 2.05) is 0 Å². The Hall–Kier alpha value is -1.49. The summed E-state index contributed by atoms with van der Waals surface area (Å²) in [5.41, 5.74) is 0.390. The van der Waals surface area contributed by atoms with Crippen LogP contribution in [0.4, 0.5) is 0 Å². The molecule has 1 rings (SSSR count). The molecular formula is C13H19NO7S2. The minimum atomic E-state index is -3.68. The van der Waals surface area contributed by atoms with Gasteiger partial charge in [0.15, 0.2) is 0 Å². The molecule has 1 aromatic rings. The second-order valence-corrected chi connectivity index (χ2v) is 8.13. The third-order valence-corrected chi connectivity index (χ3v) is 3.78. The van der Waals surface area contributed by atoms with E-state index in [9.17, 15) is 21.6 Å². The zero-order chi connectivity index (χ0) is 17.5. The van der Waals surface area contributed by atoms with Crippen molar-refractivity contribution in [1.82, 2.24) is 5.32 Å². The van der Waals surface area contributed by atoms with Crippen molar-refractivity contribution in [3.8, 4) is 0 Å². The van der Waals surface area contributed by atoms with Crippen LogP contribution in [0.3, 0.4) is 0 Å². The Morgan fingerprint density at radius 2 is 1.61 bits per heavy atom. The Kier molecular flexibility index (Phi) is 7.13. The number of rotatable bonds is 9. The van der Waals surface area contributed by atoms with E-state index < -0.39 is 32.2 Å². The normalized spacial score (nSPS) is 13.5. The van der Waals surface area contributed by atoms with Crippen LogP contribution in [0.2, 0.25) is 0 Å². The number of hydrogen-bond acceptors (Lipinski definition) is 7. The maximum absolute atomic E-state index is 12.1. The molecule has 0 radical (unpaired) electrons. The summed E-state index contributed by atoms with van der Waals surface area (Å²) in [6, 6.07) is 7.58. The molecule has 0 aliphatic heterocycles. The van der Waals surface area contributed by atoms with Crippen molar-refractivity contribution >= 4 is 26.1 Å². The van der Waals surface area contributed by atoms with Crippen LogP contribution in [-0.2, 0) is 28.6 Å². The lowest BCUT2D eigenvalue weighted by Gasteiger charge is -2.18. The summed E-state index contributed by atoms with van der Waals surface area (Å²) < 4.78 is 53.3. The molecule has 1 aromatic carbocycles. The Morgan fingerprint density at radius 3 is 2.13 bits per heavy atom. The molecule has 1 atom stereocenters. The van der Waals surface area contributed by atoms with Gasteiger partial charge in [-0.15, -0.1) is 0 Å². The van der Waals surface area contributed by atoms with Gasteiger partial charge < -0.3 is 5.32 Å². The van der Waals surface area contributed by atoms with Gasteiger partial charge in [0.1, 0.15) is 0 Å². The predicted octanol–water partition coefficient (Wildman–Crippen LogP) is 0.128. The second-order valence-electron chi connectivity index (χ2n) is 4.84. The van der Waals surface area contributed by atoms with Crippen molar-refractivity contribution in [2.45, 2.75) is 12.5 Å². The Bertz CT molecular complexity index is 714. The lowest BCUT2D eigenvalue weighted by Crippen LogP contribution is -2.39. The highest BCUT2D eigenvalue weighted by Crippen LogP contribution is 2.03. The Balaban J connectivity index is 2.68. The van der Waals surface area contributed by atoms with Crippen LogP contribution in [0.5, 0.6) is 0 Å². The molecule has 0 aliphatic carbocycles. The molecule has 0 heterocycles. The number of nitrogens with one attached hydrogen (secondary N) is 1. The summed E-state index contributed by atoms with van der Waals surface area (Å²) in [4.78, 5) is 12.1. The van der Waals surface area contributed by atoms with Gasteiger partial charge in [-0.2, -0.15) is 16.8 Å². The maximum atomic E-state index is 12.1. The topological polar surface area (TPSA) is 116 Å². The van der Waals surface area contributed by atoms with Crippen LogP contribution in [0.1, 0.15) is 16.8 Å². The summed E-state index contributed by atoms with van der Waals surface area (Å²) in [7, 11) is -7.30. The Morgan fingerprint density at radius 1 is 1.04 bits per heavy atom. The van der Waals surface area contributed by atoms with Gasteiger partial charge in [0.2, 0.25) is 0 Å². The molecule has 0 aromatic heterocycles. The molecule has 0 bridgehead atoms. The molecular weight excluding hydrogens is 346 g/mol. The molecule has 0 spiro atoms. The van der Waals surface area contributed by atoms with E-state index in [1.165, 1.54) is 0 Å². The van der Waals surface area contributed by atoms with Gasteiger partial charge in [0.05, 0.1) is 31.8 Å². The summed E-state index contributed by atoms with van der Waals surface area (Å²) in [6.45, 7) is -0.518. The third-order valence-electron chi connectivity index (χ3n) is 2.62. The molecule has 0 aliphatic rings. The predicted molar refractivity (Wildman–Crippen MR) is 83.9 cm³/mol. The standard InChI is InChI=1S/C13H19NO7S2/c1-22(16,17)20-9-8-12(10-21-23(2,18)19)14-13(15)11-6-4-3-5-7-11/h3-7,12H,8-10H2,1-2H3,(H,14,15)/t12-/m0/s1. The summed E-state index contributed by atoms with van der Waals surface area (Å²) in [5.74, 6) is -0.424. The summed E-state index contributed by atoms with van der Waals surface area (Å²) >= 11 is 0. The van der Waals surface area contributed by atoms with E-state index in [2.05, 4.69) is 13.7 Å². The zero-order valence-corrected chi connectivity index (χ0v) is 14.4. The molecule has 1 amide bonds. The molecule has 10 heteroatoms. The van der Waals surface area contributed by atoms with E-state index in [0.29, 0.717) is 5.56 Å². The molecule has 0 saturated carbocycles. The van der Waals surface area contributed by atoms with Crippen molar-refractivity contribution < 1.29 is 30.0 Å². The van der Waals surface area contributed by atoms with Crippen LogP contribution >= 0.6 is 0 Å². The van der Waals surface area contributed by atoms with Crippen molar-refractivity contribution in [2.75, 3.05) is 25.7 Å². The summed E-state index contributed by atoms with van der Waals surface area (Å²) in [6.07, 6.45) is 1.86. The lowest BCUT2D eigenvalue weighted by atomic mass is 10.1. The molecule has 0 unspecified atom stereocenters. The number of benzene rings is 1. The Labute approximate surface area is 136 Å². The minimum absolute atomic E-state index is 0.0706. The van der Waals surface area contributed by atoms with Crippen LogP contribution in [0, 0.1) is 0 Å². The molecule has 8 nitrogen and oxygen atoms in total. The smallest absolute Gasteiger partial charge is 0.264 e.